The lowest BCUT2D eigenvalue weighted by molar-refractivity contribution is 0.00570. The molecule has 158 valence electrons. The maximum absolute atomic E-state index is 13.4. The Morgan fingerprint density at radius 2 is 2.10 bits per heavy atom. The van der Waals surface area contributed by atoms with E-state index in [0.29, 0.717) is 23.8 Å². The number of esters is 1. The molecule has 1 aromatic heterocycles. The van der Waals surface area contributed by atoms with E-state index in [0.717, 1.165) is 22.4 Å². The van der Waals surface area contributed by atoms with Crippen molar-refractivity contribution < 1.29 is 14.3 Å². The summed E-state index contributed by atoms with van der Waals surface area (Å²) in [5, 5.41) is 13.8. The summed E-state index contributed by atoms with van der Waals surface area (Å²) in [6.07, 6.45) is 5.31. The number of rotatable bonds is 9. The number of hydrogen-bond donors (Lipinski definition) is 0. The smallest absolute Gasteiger partial charge is 0.342 e. The minimum atomic E-state index is -0.861. The zero-order chi connectivity index (χ0) is 20.9. The van der Waals surface area contributed by atoms with Gasteiger partial charge >= 0.3 is 5.97 Å². The summed E-state index contributed by atoms with van der Waals surface area (Å²) in [5.74, 6) is 0.203. The Bertz CT molecular complexity index is 816. The first-order chi connectivity index (χ1) is 13.9. The third-order valence-corrected chi connectivity index (χ3v) is 6.36. The summed E-state index contributed by atoms with van der Waals surface area (Å²) in [5.41, 5.74) is 0.393. The number of aromatic nitrogens is 1. The molecule has 0 bridgehead atoms. The average Bonchev–Trinajstić information content (AvgIpc) is 3.26. The molecule has 0 amide bonds. The van der Waals surface area contributed by atoms with Crippen molar-refractivity contribution in [3.05, 3.63) is 45.0 Å². The van der Waals surface area contributed by atoms with Gasteiger partial charge in [0.25, 0.3) is 11.4 Å². The lowest BCUT2D eigenvalue weighted by atomic mass is 10.2. The molecule has 2 unspecified atom stereocenters. The van der Waals surface area contributed by atoms with Gasteiger partial charge < -0.3 is 14.7 Å². The minimum Gasteiger partial charge on any atom is -0.622 e. The predicted octanol–water partition coefficient (Wildman–Crippen LogP) is 4.76. The Labute approximate surface area is 183 Å². The van der Waals surface area contributed by atoms with Crippen molar-refractivity contribution in [3.63, 3.8) is 0 Å². The van der Waals surface area contributed by atoms with Crippen LogP contribution in [-0.4, -0.2) is 48.9 Å². The SMILES string of the molecule is CCCCCCOc1ccc(C(=O)OC2CN(C)C[N+]2([O-])c2ncc(Br)s2)cc1. The molecule has 1 fully saturated rings. The fraction of sp³-hybridized carbons (Fsp3) is 0.500. The lowest BCUT2D eigenvalue weighted by Gasteiger charge is -2.38. The monoisotopic (exact) mass is 483 g/mol. The highest BCUT2D eigenvalue weighted by Gasteiger charge is 2.44. The van der Waals surface area contributed by atoms with E-state index in [9.17, 15) is 10.0 Å². The average molecular weight is 484 g/mol. The molecular formula is C20H26BrN3O4S. The molecule has 1 aromatic carbocycles. The maximum atomic E-state index is 13.4. The second-order valence-corrected chi connectivity index (χ2v) is 9.60. The van der Waals surface area contributed by atoms with Crippen molar-refractivity contribution in [1.29, 1.82) is 0 Å². The van der Waals surface area contributed by atoms with Crippen molar-refractivity contribution in [2.45, 2.75) is 38.8 Å². The Hall–Kier alpha value is -1.52. The van der Waals surface area contributed by atoms with E-state index in [1.807, 2.05) is 11.9 Å². The van der Waals surface area contributed by atoms with Crippen LogP contribution in [-0.2, 0) is 4.74 Å². The summed E-state index contributed by atoms with van der Waals surface area (Å²) in [6.45, 7) is 3.37. The van der Waals surface area contributed by atoms with Gasteiger partial charge in [-0.25, -0.2) is 9.69 Å². The normalized spacial score (nSPS) is 22.0. The highest BCUT2D eigenvalue weighted by atomic mass is 79.9. The number of benzene rings is 1. The van der Waals surface area contributed by atoms with Crippen LogP contribution < -0.4 is 9.38 Å². The second kappa shape index (κ2) is 9.99. The fourth-order valence-electron chi connectivity index (χ4n) is 3.23. The van der Waals surface area contributed by atoms with Crippen LogP contribution in [0, 0.1) is 5.21 Å². The molecule has 7 nitrogen and oxygen atoms in total. The molecule has 0 spiro atoms. The van der Waals surface area contributed by atoms with Gasteiger partial charge in [0.15, 0.2) is 0 Å². The molecule has 0 saturated carbocycles. The van der Waals surface area contributed by atoms with Gasteiger partial charge in [0.1, 0.15) is 12.4 Å². The van der Waals surface area contributed by atoms with Crippen LogP contribution in [0.4, 0.5) is 5.13 Å². The zero-order valence-corrected chi connectivity index (χ0v) is 19.1. The van der Waals surface area contributed by atoms with Gasteiger partial charge in [-0.3, -0.25) is 4.65 Å². The predicted molar refractivity (Wildman–Crippen MR) is 118 cm³/mol. The number of hydroxylamine groups is 2. The molecule has 2 aromatic rings. The first-order valence-corrected chi connectivity index (χ1v) is 11.4. The largest absolute Gasteiger partial charge is 0.622 e. The molecule has 0 aliphatic carbocycles. The van der Waals surface area contributed by atoms with Crippen molar-refractivity contribution in [1.82, 2.24) is 14.5 Å². The molecule has 1 aliphatic rings. The minimum absolute atomic E-state index is 0.183. The van der Waals surface area contributed by atoms with Crippen molar-refractivity contribution in [2.75, 3.05) is 26.9 Å². The molecule has 2 atom stereocenters. The Morgan fingerprint density at radius 1 is 1.34 bits per heavy atom. The van der Waals surface area contributed by atoms with Crippen LogP contribution >= 0.6 is 27.3 Å². The molecule has 9 heteroatoms. The molecule has 3 rings (SSSR count). The van der Waals surface area contributed by atoms with Gasteiger partial charge in [-0.2, -0.15) is 4.98 Å². The molecule has 0 N–H and O–H groups in total. The van der Waals surface area contributed by atoms with E-state index < -0.39 is 16.8 Å². The molecule has 2 heterocycles. The zero-order valence-electron chi connectivity index (χ0n) is 16.7. The van der Waals surface area contributed by atoms with E-state index in [-0.39, 0.29) is 6.67 Å². The Morgan fingerprint density at radius 3 is 2.76 bits per heavy atom. The quantitative estimate of drug-likeness (QED) is 0.221. The number of likely N-dealkylation sites (N-methyl/N-ethyl adjacent to an activating group) is 1. The number of nitrogens with zero attached hydrogens (tertiary/aromatic N) is 3. The Balaban J connectivity index is 1.60. The summed E-state index contributed by atoms with van der Waals surface area (Å²) >= 11 is 4.59. The second-order valence-electron chi connectivity index (χ2n) is 7.22. The Kier molecular flexibility index (Phi) is 7.64. The van der Waals surface area contributed by atoms with Crippen LogP contribution in [0.1, 0.15) is 43.0 Å². The number of quaternary nitrogens is 1. The molecule has 1 aliphatic heterocycles. The van der Waals surface area contributed by atoms with E-state index in [1.54, 1.807) is 30.5 Å². The third kappa shape index (κ3) is 5.55. The van der Waals surface area contributed by atoms with Crippen LogP contribution in [0.3, 0.4) is 0 Å². The van der Waals surface area contributed by atoms with Gasteiger partial charge in [-0.15, -0.1) is 0 Å². The fourth-order valence-corrected chi connectivity index (χ4v) is 4.48. The van der Waals surface area contributed by atoms with Crippen LogP contribution in [0.15, 0.2) is 34.2 Å². The van der Waals surface area contributed by atoms with Crippen LogP contribution in [0.2, 0.25) is 0 Å². The highest BCUT2D eigenvalue weighted by Crippen LogP contribution is 2.36. The van der Waals surface area contributed by atoms with Crippen molar-refractivity contribution >= 4 is 38.4 Å². The van der Waals surface area contributed by atoms with Gasteiger partial charge in [-0.1, -0.05) is 26.2 Å². The number of carbonyl (C=O) groups excluding carboxylic acids is 1. The van der Waals surface area contributed by atoms with Gasteiger partial charge in [0.05, 0.1) is 28.7 Å². The van der Waals surface area contributed by atoms with Crippen LogP contribution in [0.25, 0.3) is 0 Å². The lowest BCUT2D eigenvalue weighted by Crippen LogP contribution is -2.50. The first kappa shape index (κ1) is 22.2. The standard InChI is InChI=1S/C20H26BrN3O4S/c1-3-4-5-6-11-27-16-9-7-15(8-10-16)19(25)28-18-13-23(2)14-24(18,26)20-22-12-17(21)29-20/h7-10,12,18H,3-6,11,13-14H2,1-2H3. The molecule has 29 heavy (non-hydrogen) atoms. The summed E-state index contributed by atoms with van der Waals surface area (Å²) in [4.78, 5) is 18.7. The summed E-state index contributed by atoms with van der Waals surface area (Å²) < 4.78 is 11.3. The number of thiazole rings is 1. The van der Waals surface area contributed by atoms with E-state index >= 15 is 0 Å². The maximum Gasteiger partial charge on any atom is 0.342 e. The number of ether oxygens (including phenoxy) is 2. The number of carbonyl (C=O) groups is 1. The van der Waals surface area contributed by atoms with Gasteiger partial charge in [0.2, 0.25) is 0 Å². The summed E-state index contributed by atoms with van der Waals surface area (Å²) in [6, 6.07) is 6.85. The van der Waals surface area contributed by atoms with E-state index in [2.05, 4.69) is 27.8 Å². The van der Waals surface area contributed by atoms with Gasteiger partial charge in [0, 0.05) is 0 Å². The molecule has 1 saturated heterocycles. The van der Waals surface area contributed by atoms with Crippen molar-refractivity contribution in [3.8, 4) is 5.75 Å². The number of unbranched alkanes of at least 4 members (excludes halogenated alkanes) is 3. The topological polar surface area (TPSA) is 74.7 Å². The summed E-state index contributed by atoms with van der Waals surface area (Å²) in [7, 11) is 1.83. The number of hydrogen-bond acceptors (Lipinski definition) is 7. The first-order valence-electron chi connectivity index (χ1n) is 9.75. The molecule has 0 radical (unpaired) electrons. The number of halogens is 1. The van der Waals surface area contributed by atoms with Gasteiger partial charge in [-0.05, 0) is 65.0 Å². The highest BCUT2D eigenvalue weighted by molar-refractivity contribution is 9.11. The molecular weight excluding hydrogens is 458 g/mol. The van der Waals surface area contributed by atoms with E-state index in [4.69, 9.17) is 9.47 Å². The van der Waals surface area contributed by atoms with Crippen LogP contribution in [0.5, 0.6) is 5.75 Å². The third-order valence-electron chi connectivity index (χ3n) is 4.77. The van der Waals surface area contributed by atoms with Crippen molar-refractivity contribution in [2.24, 2.45) is 0 Å². The van der Waals surface area contributed by atoms with E-state index in [1.165, 1.54) is 24.2 Å².